The Balaban J connectivity index is 1.47. The van der Waals surface area contributed by atoms with Gasteiger partial charge in [-0.25, -0.2) is 4.79 Å². The van der Waals surface area contributed by atoms with Gasteiger partial charge in [0.15, 0.2) is 0 Å². The number of hydrogen-bond acceptors (Lipinski definition) is 5. The molecule has 1 heterocycles. The Labute approximate surface area is 194 Å². The highest BCUT2D eigenvalue weighted by atomic mass is 16.5. The van der Waals surface area contributed by atoms with E-state index in [4.69, 9.17) is 4.74 Å². The molecule has 0 bridgehead atoms. The maximum Gasteiger partial charge on any atom is 0.345 e. The summed E-state index contributed by atoms with van der Waals surface area (Å²) >= 11 is 0. The van der Waals surface area contributed by atoms with Crippen LogP contribution in [0.5, 0.6) is 11.5 Å². The van der Waals surface area contributed by atoms with Gasteiger partial charge in [0.25, 0.3) is 0 Å². The first kappa shape index (κ1) is 22.6. The molecule has 6 heteroatoms. The summed E-state index contributed by atoms with van der Waals surface area (Å²) in [5, 5.41) is 13.3. The molecule has 0 spiro atoms. The predicted octanol–water partition coefficient (Wildman–Crippen LogP) is 5.32. The molecule has 0 radical (unpaired) electrons. The summed E-state index contributed by atoms with van der Waals surface area (Å²) in [6, 6.07) is 15.1. The van der Waals surface area contributed by atoms with Crippen LogP contribution in [0.25, 0.3) is 22.5 Å². The fourth-order valence-corrected chi connectivity index (χ4v) is 4.25. The minimum Gasteiger partial charge on any atom is -0.508 e. The van der Waals surface area contributed by atoms with E-state index in [2.05, 4.69) is 21.9 Å². The zero-order valence-electron chi connectivity index (χ0n) is 19.1. The van der Waals surface area contributed by atoms with Crippen LogP contribution in [0, 0.1) is 6.92 Å². The summed E-state index contributed by atoms with van der Waals surface area (Å²) < 4.78 is 5.98. The van der Waals surface area contributed by atoms with Crippen molar-refractivity contribution in [1.29, 1.82) is 0 Å². The number of hydrogen-bond donors (Lipinski definition) is 3. The molecule has 0 aliphatic heterocycles. The number of phenolic OH excluding ortho intramolecular Hbond substituents is 1. The predicted molar refractivity (Wildman–Crippen MR) is 131 cm³/mol. The second-order valence-corrected chi connectivity index (χ2v) is 8.74. The normalized spacial score (nSPS) is 14.5. The van der Waals surface area contributed by atoms with Gasteiger partial charge in [0.2, 0.25) is 0 Å². The Kier molecular flexibility index (Phi) is 7.13. The van der Waals surface area contributed by atoms with Crippen molar-refractivity contribution in [2.75, 3.05) is 6.61 Å². The lowest BCUT2D eigenvalue weighted by molar-refractivity contribution is 0.333. The number of aromatic nitrogens is 2. The SMILES string of the molecule is C=C(COc1cccc(-c2cc(-c3ccc(O)c(C)c3)nc(=O)[nH]2)c1)NC1CCCCCC1. The third-order valence-corrected chi connectivity index (χ3v) is 6.06. The molecule has 1 saturated carbocycles. The van der Waals surface area contributed by atoms with E-state index in [1.807, 2.05) is 43.3 Å². The first-order valence-corrected chi connectivity index (χ1v) is 11.6. The fourth-order valence-electron chi connectivity index (χ4n) is 4.25. The molecule has 2 aromatic carbocycles. The van der Waals surface area contributed by atoms with Gasteiger partial charge in [-0.1, -0.05) is 44.4 Å². The lowest BCUT2D eigenvalue weighted by Crippen LogP contribution is -2.29. The van der Waals surface area contributed by atoms with Crippen LogP contribution in [-0.4, -0.2) is 27.7 Å². The van der Waals surface area contributed by atoms with Gasteiger partial charge in [-0.05, 0) is 61.7 Å². The molecule has 3 aromatic rings. The molecule has 0 unspecified atom stereocenters. The number of nitrogens with zero attached hydrogens (tertiary/aromatic N) is 1. The van der Waals surface area contributed by atoms with Crippen LogP contribution in [0.2, 0.25) is 0 Å². The van der Waals surface area contributed by atoms with Gasteiger partial charge < -0.3 is 20.1 Å². The molecule has 0 amide bonds. The van der Waals surface area contributed by atoms with Crippen molar-refractivity contribution in [2.24, 2.45) is 0 Å². The summed E-state index contributed by atoms with van der Waals surface area (Å²) in [6.45, 7) is 6.34. The third-order valence-electron chi connectivity index (χ3n) is 6.06. The van der Waals surface area contributed by atoms with Crippen molar-refractivity contribution in [3.63, 3.8) is 0 Å². The molecule has 4 rings (SSSR count). The van der Waals surface area contributed by atoms with Crippen LogP contribution in [0.4, 0.5) is 0 Å². The van der Waals surface area contributed by atoms with Gasteiger partial charge in [0.05, 0.1) is 11.4 Å². The van der Waals surface area contributed by atoms with Crippen LogP contribution in [-0.2, 0) is 0 Å². The van der Waals surface area contributed by atoms with Crippen molar-refractivity contribution in [3.05, 3.63) is 76.9 Å². The summed E-state index contributed by atoms with van der Waals surface area (Å²) in [7, 11) is 0. The highest BCUT2D eigenvalue weighted by Crippen LogP contribution is 2.27. The van der Waals surface area contributed by atoms with Gasteiger partial charge >= 0.3 is 5.69 Å². The Morgan fingerprint density at radius 2 is 1.91 bits per heavy atom. The molecular weight excluding hydrogens is 414 g/mol. The summed E-state index contributed by atoms with van der Waals surface area (Å²) in [5.41, 5.74) is 3.97. The fraction of sp³-hybridized carbons (Fsp3) is 0.333. The lowest BCUT2D eigenvalue weighted by atomic mass is 10.1. The van der Waals surface area contributed by atoms with Gasteiger partial charge in [-0.3, -0.25) is 0 Å². The van der Waals surface area contributed by atoms with Crippen LogP contribution in [0.15, 0.2) is 65.6 Å². The number of aromatic amines is 1. The second kappa shape index (κ2) is 10.4. The second-order valence-electron chi connectivity index (χ2n) is 8.74. The van der Waals surface area contributed by atoms with Gasteiger partial charge in [-0.2, -0.15) is 4.98 Å². The minimum atomic E-state index is -0.430. The Morgan fingerprint density at radius 3 is 2.67 bits per heavy atom. The van der Waals surface area contributed by atoms with Crippen molar-refractivity contribution < 1.29 is 9.84 Å². The average molecular weight is 446 g/mol. The van der Waals surface area contributed by atoms with Crippen LogP contribution >= 0.6 is 0 Å². The maximum atomic E-state index is 12.3. The highest BCUT2D eigenvalue weighted by Gasteiger charge is 2.13. The van der Waals surface area contributed by atoms with E-state index in [1.165, 1.54) is 38.5 Å². The minimum absolute atomic E-state index is 0.212. The Bertz CT molecular complexity index is 1180. The van der Waals surface area contributed by atoms with E-state index >= 15 is 0 Å². The van der Waals surface area contributed by atoms with Crippen molar-refractivity contribution in [1.82, 2.24) is 15.3 Å². The van der Waals surface area contributed by atoms with Gasteiger partial charge in [-0.15, -0.1) is 0 Å². The first-order valence-electron chi connectivity index (χ1n) is 11.6. The van der Waals surface area contributed by atoms with Gasteiger partial charge in [0, 0.05) is 22.9 Å². The molecule has 1 fully saturated rings. The topological polar surface area (TPSA) is 87.2 Å². The summed E-state index contributed by atoms with van der Waals surface area (Å²) in [6.07, 6.45) is 7.55. The number of phenols is 1. The Hall–Kier alpha value is -3.54. The zero-order valence-corrected chi connectivity index (χ0v) is 19.1. The molecule has 172 valence electrons. The standard InChI is InChI=1S/C27H31N3O3/c1-18-14-21(12-13-26(18)31)25-16-24(29-27(32)30-25)20-8-7-11-23(15-20)33-17-19(2)28-22-9-5-3-4-6-10-22/h7-8,11-16,22,28,31H,2-6,9-10,17H2,1H3,(H,29,30,32). The quantitative estimate of drug-likeness (QED) is 0.428. The average Bonchev–Trinajstić information content (AvgIpc) is 3.08. The van der Waals surface area contributed by atoms with E-state index < -0.39 is 5.69 Å². The molecule has 0 atom stereocenters. The molecule has 6 nitrogen and oxygen atoms in total. The highest BCUT2D eigenvalue weighted by molar-refractivity contribution is 5.69. The van der Waals surface area contributed by atoms with Crippen molar-refractivity contribution >= 4 is 0 Å². The molecule has 0 saturated heterocycles. The molecule has 1 aliphatic rings. The molecule has 1 aromatic heterocycles. The smallest absolute Gasteiger partial charge is 0.345 e. The molecule has 3 N–H and O–H groups in total. The van der Waals surface area contributed by atoms with E-state index in [1.54, 1.807) is 12.1 Å². The molecular formula is C27H31N3O3. The number of aryl methyl sites for hydroxylation is 1. The third kappa shape index (κ3) is 6.04. The van der Waals surface area contributed by atoms with Crippen molar-refractivity contribution in [3.8, 4) is 34.0 Å². The van der Waals surface area contributed by atoms with E-state index in [0.717, 1.165) is 22.4 Å². The summed E-state index contributed by atoms with van der Waals surface area (Å²) in [4.78, 5) is 19.2. The van der Waals surface area contributed by atoms with Gasteiger partial charge in [0.1, 0.15) is 18.1 Å². The number of nitrogens with one attached hydrogen (secondary N) is 2. The monoisotopic (exact) mass is 445 g/mol. The van der Waals surface area contributed by atoms with Crippen molar-refractivity contribution in [2.45, 2.75) is 51.5 Å². The maximum absolute atomic E-state index is 12.3. The van der Waals surface area contributed by atoms with Crippen LogP contribution < -0.4 is 15.7 Å². The van der Waals surface area contributed by atoms with E-state index in [9.17, 15) is 9.90 Å². The number of ether oxygens (including phenoxy) is 1. The summed E-state index contributed by atoms with van der Waals surface area (Å²) in [5.74, 6) is 0.916. The number of rotatable bonds is 7. The number of benzene rings is 2. The lowest BCUT2D eigenvalue weighted by Gasteiger charge is -2.19. The van der Waals surface area contributed by atoms with E-state index in [0.29, 0.717) is 29.8 Å². The number of H-pyrrole nitrogens is 1. The zero-order chi connectivity index (χ0) is 23.2. The van der Waals surface area contributed by atoms with Crippen LogP contribution in [0.3, 0.4) is 0 Å². The van der Waals surface area contributed by atoms with Crippen LogP contribution in [0.1, 0.15) is 44.1 Å². The molecule has 1 aliphatic carbocycles. The largest absolute Gasteiger partial charge is 0.508 e. The first-order chi connectivity index (χ1) is 16.0. The Morgan fingerprint density at radius 1 is 1.12 bits per heavy atom. The molecule has 33 heavy (non-hydrogen) atoms. The number of aromatic hydroxyl groups is 1. The van der Waals surface area contributed by atoms with E-state index in [-0.39, 0.29) is 5.75 Å².